The summed E-state index contributed by atoms with van der Waals surface area (Å²) in [4.78, 5) is 0. The Morgan fingerprint density at radius 1 is 0.107 bits per heavy atom. The zero-order chi connectivity index (χ0) is 55.8. The summed E-state index contributed by atoms with van der Waals surface area (Å²) in [6.45, 7) is 0. The molecule has 0 nitrogen and oxygen atoms in total. The Morgan fingerprint density at radius 3 is 0.702 bits per heavy atom. The van der Waals surface area contributed by atoms with Gasteiger partial charge in [0.15, 0.2) is 0 Å². The van der Waals surface area contributed by atoms with Gasteiger partial charge >= 0.3 is 0 Å². The average Bonchev–Trinajstić information content (AvgIpc) is 3.74. The molecular formula is C84H56. The van der Waals surface area contributed by atoms with Crippen molar-refractivity contribution in [3.63, 3.8) is 0 Å². The third-order valence-electron chi connectivity index (χ3n) is 17.0. The number of hydrogen-bond acceptors (Lipinski definition) is 0. The lowest BCUT2D eigenvalue weighted by Crippen LogP contribution is -1.92. The normalized spacial score (nSPS) is 11.3. The van der Waals surface area contributed by atoms with Crippen molar-refractivity contribution in [3.05, 3.63) is 340 Å². The molecule has 0 fully saturated rings. The molecular weight excluding hydrogens is 1010 g/mol. The van der Waals surface area contributed by atoms with Crippen molar-refractivity contribution in [2.75, 3.05) is 0 Å². The molecule has 0 N–H and O–H groups in total. The van der Waals surface area contributed by atoms with Gasteiger partial charge in [-0.05, 0) is 160 Å². The summed E-state index contributed by atoms with van der Waals surface area (Å²) in [5.41, 5.74) is 20.1. The molecule has 0 atom stereocenters. The average molecular weight is 1070 g/mol. The highest BCUT2D eigenvalue weighted by Gasteiger charge is 2.21. The van der Waals surface area contributed by atoms with Crippen LogP contribution in [-0.4, -0.2) is 0 Å². The smallest absolute Gasteiger partial charge is 0.00201 e. The lowest BCUT2D eigenvalue weighted by atomic mass is 9.83. The molecule has 0 amide bonds. The summed E-state index contributed by atoms with van der Waals surface area (Å²) in [5.74, 6) is 0. The van der Waals surface area contributed by atoms with Crippen LogP contribution in [-0.2, 0) is 0 Å². The van der Waals surface area contributed by atoms with E-state index in [2.05, 4.69) is 340 Å². The first-order chi connectivity index (χ1) is 41.7. The fourth-order valence-electron chi connectivity index (χ4n) is 13.2. The lowest BCUT2D eigenvalue weighted by Gasteiger charge is -2.20. The molecule has 0 aliphatic rings. The minimum Gasteiger partial charge on any atom is -0.0622 e. The van der Waals surface area contributed by atoms with Crippen LogP contribution < -0.4 is 0 Å². The van der Waals surface area contributed by atoms with Gasteiger partial charge in [-0.1, -0.05) is 334 Å². The van der Waals surface area contributed by atoms with Crippen molar-refractivity contribution in [1.82, 2.24) is 0 Å². The first-order valence-corrected chi connectivity index (χ1v) is 29.1. The molecule has 16 rings (SSSR count). The Morgan fingerprint density at radius 2 is 0.333 bits per heavy atom. The van der Waals surface area contributed by atoms with Crippen LogP contribution in [0.2, 0.25) is 0 Å². The Kier molecular flexibility index (Phi) is 13.0. The quantitative estimate of drug-likeness (QED) is 0.133. The molecule has 16 aromatic carbocycles. The maximum absolute atomic E-state index is 2.34. The highest BCUT2D eigenvalue weighted by Crippen LogP contribution is 2.49. The van der Waals surface area contributed by atoms with Crippen molar-refractivity contribution < 1.29 is 0 Å². The van der Waals surface area contributed by atoms with Gasteiger partial charge in [0.1, 0.15) is 0 Å². The molecule has 392 valence electrons. The number of fused-ring (bicyclic) bond motifs is 6. The fraction of sp³-hybridized carbons (Fsp3) is 0. The molecule has 0 saturated heterocycles. The highest BCUT2D eigenvalue weighted by molar-refractivity contribution is 6.26. The van der Waals surface area contributed by atoms with E-state index in [0.717, 1.165) is 0 Å². The minimum atomic E-state index is 1.23. The van der Waals surface area contributed by atoms with E-state index in [4.69, 9.17) is 0 Å². The summed E-state index contributed by atoms with van der Waals surface area (Å²) in [5, 5.41) is 15.3. The van der Waals surface area contributed by atoms with Gasteiger partial charge in [0, 0.05) is 0 Å². The summed E-state index contributed by atoms with van der Waals surface area (Å²) >= 11 is 0. The molecule has 0 aliphatic heterocycles. The summed E-state index contributed by atoms with van der Waals surface area (Å²) < 4.78 is 0. The molecule has 0 spiro atoms. The summed E-state index contributed by atoms with van der Waals surface area (Å²) in [6, 6.07) is 123. The standard InChI is InChI=1S/2C42H28/c1-3-14-29(15-4-1)31-18-13-19-32(28-31)41-36-22-9-11-24-38(36)42(39-25-12-10-23-37(39)41)40-27-26-33(30-16-5-2-6-17-30)34-20-7-8-21-35(34)40;1-3-13-29(14-4-1)30-23-25-32(26-24-30)41-36-19-9-11-21-38(36)42(39-22-12-10-20-37(39)41)40-28-27-33(31-15-5-2-6-16-31)34-17-7-8-18-35(34)40/h2*1-28H. The maximum atomic E-state index is 2.34. The van der Waals surface area contributed by atoms with Gasteiger partial charge in [0.25, 0.3) is 0 Å². The van der Waals surface area contributed by atoms with E-state index >= 15 is 0 Å². The molecule has 0 heteroatoms. The van der Waals surface area contributed by atoms with Crippen LogP contribution in [0.1, 0.15) is 0 Å². The molecule has 0 radical (unpaired) electrons. The monoisotopic (exact) mass is 1060 g/mol. The second kappa shape index (κ2) is 21.9. The topological polar surface area (TPSA) is 0 Å². The van der Waals surface area contributed by atoms with Crippen LogP contribution in [0.5, 0.6) is 0 Å². The van der Waals surface area contributed by atoms with Crippen molar-refractivity contribution in [2.45, 2.75) is 0 Å². The van der Waals surface area contributed by atoms with Gasteiger partial charge in [-0.25, -0.2) is 0 Å². The third kappa shape index (κ3) is 8.99. The van der Waals surface area contributed by atoms with Gasteiger partial charge in [0.2, 0.25) is 0 Å². The summed E-state index contributed by atoms with van der Waals surface area (Å²) in [6.07, 6.45) is 0. The molecule has 0 heterocycles. The van der Waals surface area contributed by atoms with E-state index in [0.29, 0.717) is 0 Å². The van der Waals surface area contributed by atoms with Gasteiger partial charge in [-0.15, -0.1) is 0 Å². The number of hydrogen-bond donors (Lipinski definition) is 0. The Bertz CT molecular complexity index is 4970. The molecule has 0 aromatic heterocycles. The van der Waals surface area contributed by atoms with Crippen LogP contribution >= 0.6 is 0 Å². The van der Waals surface area contributed by atoms with Crippen molar-refractivity contribution >= 4 is 64.6 Å². The van der Waals surface area contributed by atoms with Crippen molar-refractivity contribution in [2.24, 2.45) is 0 Å². The number of rotatable bonds is 8. The van der Waals surface area contributed by atoms with Gasteiger partial charge in [-0.2, -0.15) is 0 Å². The Hall–Kier alpha value is -10.9. The Labute approximate surface area is 490 Å². The largest absolute Gasteiger partial charge is 0.0622 e. The van der Waals surface area contributed by atoms with Crippen LogP contribution in [0.15, 0.2) is 340 Å². The summed E-state index contributed by atoms with van der Waals surface area (Å²) in [7, 11) is 0. The minimum absolute atomic E-state index is 1.23. The lowest BCUT2D eigenvalue weighted by molar-refractivity contribution is 1.61. The van der Waals surface area contributed by atoms with Crippen LogP contribution in [0.4, 0.5) is 0 Å². The zero-order valence-electron chi connectivity index (χ0n) is 46.3. The van der Waals surface area contributed by atoms with E-state index in [-0.39, 0.29) is 0 Å². The Balaban J connectivity index is 0.000000143. The molecule has 0 aliphatic carbocycles. The first-order valence-electron chi connectivity index (χ1n) is 29.1. The van der Waals surface area contributed by atoms with Crippen molar-refractivity contribution in [3.8, 4) is 89.0 Å². The molecule has 0 bridgehead atoms. The van der Waals surface area contributed by atoms with E-state index in [1.165, 1.54) is 154 Å². The number of benzene rings is 16. The van der Waals surface area contributed by atoms with Crippen LogP contribution in [0.25, 0.3) is 154 Å². The van der Waals surface area contributed by atoms with E-state index in [1.54, 1.807) is 0 Å². The predicted octanol–water partition coefficient (Wildman–Crippen LogP) is 23.6. The first kappa shape index (κ1) is 50.1. The molecule has 0 unspecified atom stereocenters. The van der Waals surface area contributed by atoms with E-state index in [1.807, 2.05) is 0 Å². The van der Waals surface area contributed by atoms with Crippen molar-refractivity contribution in [1.29, 1.82) is 0 Å². The van der Waals surface area contributed by atoms with Crippen LogP contribution in [0, 0.1) is 0 Å². The second-order valence-corrected chi connectivity index (χ2v) is 21.7. The molecule has 16 aromatic rings. The highest BCUT2D eigenvalue weighted by atomic mass is 14.2. The van der Waals surface area contributed by atoms with E-state index < -0.39 is 0 Å². The predicted molar refractivity (Wildman–Crippen MR) is 361 cm³/mol. The third-order valence-corrected chi connectivity index (χ3v) is 17.0. The fourth-order valence-corrected chi connectivity index (χ4v) is 13.2. The molecule has 84 heavy (non-hydrogen) atoms. The zero-order valence-corrected chi connectivity index (χ0v) is 46.3. The van der Waals surface area contributed by atoms with E-state index in [9.17, 15) is 0 Å². The SMILES string of the molecule is c1ccc(-c2ccc(-c3c4ccccc4c(-c4ccc(-c5ccccc5)c5ccccc45)c4ccccc34)cc2)cc1.c1ccc(-c2cccc(-c3c4ccccc4c(-c4ccc(-c5ccccc5)c5ccccc45)c4ccccc34)c2)cc1. The van der Waals surface area contributed by atoms with Gasteiger partial charge in [-0.3, -0.25) is 0 Å². The van der Waals surface area contributed by atoms with Gasteiger partial charge < -0.3 is 0 Å². The maximum Gasteiger partial charge on any atom is -0.00201 e. The second-order valence-electron chi connectivity index (χ2n) is 21.7. The molecule has 0 saturated carbocycles. The van der Waals surface area contributed by atoms with Crippen LogP contribution in [0.3, 0.4) is 0 Å². The van der Waals surface area contributed by atoms with Gasteiger partial charge in [0.05, 0.1) is 0 Å².